The number of amides is 4. The summed E-state index contributed by atoms with van der Waals surface area (Å²) < 4.78 is 0. The van der Waals surface area contributed by atoms with E-state index in [1.165, 1.54) is 9.80 Å². The quantitative estimate of drug-likeness (QED) is 0.118. The van der Waals surface area contributed by atoms with E-state index < -0.39 is 23.6 Å². The smallest absolute Gasteiger partial charge is 0.266 e. The zero-order chi connectivity index (χ0) is 88.3. The van der Waals surface area contributed by atoms with Gasteiger partial charge in [-0.3, -0.25) is 19.2 Å². The van der Waals surface area contributed by atoms with Gasteiger partial charge in [0.25, 0.3) is 23.6 Å². The summed E-state index contributed by atoms with van der Waals surface area (Å²) in [4.78, 5) is 107. The third-order valence-electron chi connectivity index (χ3n) is 25.3. The minimum atomic E-state index is -0.670. The summed E-state index contributed by atoms with van der Waals surface area (Å²) >= 11 is 0. The van der Waals surface area contributed by atoms with E-state index in [4.69, 9.17) is 19.9 Å². The van der Waals surface area contributed by atoms with Crippen molar-refractivity contribution in [2.75, 3.05) is 9.80 Å². The van der Waals surface area contributed by atoms with E-state index in [-0.39, 0.29) is 87.7 Å². The molecule has 4 N–H and O–H groups in total. The first-order chi connectivity index (χ1) is 58.1. The highest BCUT2D eigenvalue weighted by Crippen LogP contribution is 2.49. The summed E-state index contributed by atoms with van der Waals surface area (Å²) in [7, 11) is 0. The van der Waals surface area contributed by atoms with E-state index >= 15 is 19.2 Å². The van der Waals surface area contributed by atoms with Crippen molar-refractivity contribution in [3.63, 3.8) is 0 Å². The van der Waals surface area contributed by atoms with Gasteiger partial charge in [-0.05, 0) is 244 Å². The van der Waals surface area contributed by atoms with Crippen LogP contribution in [0.25, 0.3) is 148 Å². The molecule has 624 valence electrons. The molecular formula is C110H110N10O4. The summed E-state index contributed by atoms with van der Waals surface area (Å²) in [6.45, 7) is 53.5. The number of aromatic amines is 4. The van der Waals surface area contributed by atoms with Gasteiger partial charge < -0.3 is 19.9 Å². The summed E-state index contributed by atoms with van der Waals surface area (Å²) in [6.07, 6.45) is 15.9. The predicted octanol–water partition coefficient (Wildman–Crippen LogP) is 27.4. The van der Waals surface area contributed by atoms with Gasteiger partial charge in [-0.25, -0.2) is 29.7 Å². The van der Waals surface area contributed by atoms with Crippen molar-refractivity contribution in [1.82, 2.24) is 39.9 Å². The molecule has 0 unspecified atom stereocenters. The van der Waals surface area contributed by atoms with Gasteiger partial charge in [0.2, 0.25) is 0 Å². The summed E-state index contributed by atoms with van der Waals surface area (Å²) in [5.41, 5.74) is 25.6. The minimum absolute atomic E-state index is 0.123. The highest BCUT2D eigenvalue weighted by atomic mass is 16.2. The van der Waals surface area contributed by atoms with E-state index in [9.17, 15) is 0 Å². The molecule has 12 aromatic rings. The molecule has 0 saturated heterocycles. The number of nitrogens with one attached hydrogen (secondary N) is 4. The van der Waals surface area contributed by atoms with Gasteiger partial charge in [0.05, 0.1) is 56.6 Å². The molecule has 14 heteroatoms. The molecule has 6 aromatic heterocycles. The number of nitrogens with zero attached hydrogens (tertiary/aromatic N) is 6. The highest BCUT2D eigenvalue weighted by molar-refractivity contribution is 6.43. The maximum absolute atomic E-state index is 16.7. The summed E-state index contributed by atoms with van der Waals surface area (Å²) in [6, 6.07) is 54.1. The van der Waals surface area contributed by atoms with Gasteiger partial charge in [-0.15, -0.1) is 0 Å². The first-order valence-electron chi connectivity index (χ1n) is 43.4. The van der Waals surface area contributed by atoms with E-state index in [1.807, 2.05) is 60.7 Å². The Morgan fingerprint density at radius 3 is 0.702 bits per heavy atom. The van der Waals surface area contributed by atoms with E-state index in [2.05, 4.69) is 307 Å². The molecule has 0 saturated carbocycles. The van der Waals surface area contributed by atoms with Crippen molar-refractivity contribution < 1.29 is 19.2 Å². The molecule has 0 atom stereocenters. The topological polar surface area (TPSA) is 189 Å². The normalized spacial score (nSPS) is 14.5. The van der Waals surface area contributed by atoms with Crippen molar-refractivity contribution in [1.29, 1.82) is 0 Å². The second-order valence-electron chi connectivity index (χ2n) is 42.8. The molecule has 124 heavy (non-hydrogen) atoms. The average Bonchev–Trinajstić information content (AvgIpc) is 0.845. The second kappa shape index (κ2) is 28.3. The lowest BCUT2D eigenvalue weighted by atomic mass is 9.78. The number of benzene rings is 6. The zero-order valence-electron chi connectivity index (χ0n) is 75.9. The molecular weight excluding hydrogens is 1530 g/mol. The fourth-order valence-corrected chi connectivity index (χ4v) is 17.8. The lowest BCUT2D eigenvalue weighted by Gasteiger charge is -2.32. The number of H-pyrrole nitrogens is 4. The maximum Gasteiger partial charge on any atom is 0.266 e. The van der Waals surface area contributed by atoms with Crippen LogP contribution in [0.4, 0.5) is 11.4 Å². The third-order valence-corrected chi connectivity index (χ3v) is 25.3. The average molecular weight is 1640 g/mol. The van der Waals surface area contributed by atoms with Crippen molar-refractivity contribution in [3.05, 3.63) is 270 Å². The molecule has 14 nitrogen and oxygen atoms in total. The number of carbonyl (C=O) groups excluding carboxylic acids is 4. The predicted molar refractivity (Wildman–Crippen MR) is 515 cm³/mol. The third kappa shape index (κ3) is 14.4. The van der Waals surface area contributed by atoms with Crippen molar-refractivity contribution in [3.8, 4) is 44.5 Å². The van der Waals surface area contributed by atoms with Gasteiger partial charge in [-0.2, -0.15) is 0 Å². The number of anilines is 2. The Hall–Kier alpha value is -12.9. The van der Waals surface area contributed by atoms with Gasteiger partial charge in [-0.1, -0.05) is 239 Å². The second-order valence-corrected chi connectivity index (χ2v) is 42.8. The number of hydrogen-bond acceptors (Lipinski definition) is 8. The molecule has 6 aliphatic heterocycles. The van der Waals surface area contributed by atoms with Crippen LogP contribution in [0.5, 0.6) is 0 Å². The molecule has 0 spiro atoms. The Labute approximate surface area is 726 Å². The number of fused-ring (bicyclic) bond motifs is 16. The lowest BCUT2D eigenvalue weighted by Crippen LogP contribution is -2.44. The number of imide groups is 2. The van der Waals surface area contributed by atoms with Crippen LogP contribution >= 0.6 is 0 Å². The largest absolute Gasteiger partial charge is 0.355 e. The SMILES string of the molecule is CC(C)(C)c1cc(-c2c3nc(c(N4C(=O)c5ccc6c7c(ccc(c57)C4=O)C(=O)N(c4c5nc(c(-c7cc(C(C)(C)C)cc(C(C)(C)C)c7)c7ccc(cc8nc(c(-c9cc(C(C)(C)C)cc(C(C)(C)C)c9)c9ccc4[nH]9)C=C8)[nH]7)C=C5)C6=O)c4ccc([nH]4)c(-c4cc(C(C)(C)C)cc(C(C)(C)C)c4)c4nc(cc5ccc2[nH]5)C=C4)C=C3)cc(C(C)(C)C)c1. The first kappa shape index (κ1) is 82.0. The van der Waals surface area contributed by atoms with E-state index in [0.29, 0.717) is 44.8 Å². The van der Waals surface area contributed by atoms with Crippen LogP contribution in [0, 0.1) is 0 Å². The van der Waals surface area contributed by atoms with E-state index in [0.717, 1.165) is 134 Å². The number of carbonyl (C=O) groups is 4. The zero-order valence-corrected chi connectivity index (χ0v) is 75.9. The van der Waals surface area contributed by atoms with Gasteiger partial charge in [0.1, 0.15) is 11.4 Å². The van der Waals surface area contributed by atoms with Crippen LogP contribution in [-0.2, 0) is 43.3 Å². The standard InChI is InChI=1S/C110H110N10O4/c1-103(2,3)63-45-59(46-64(53-63)104(4,5)6)91-79-33-25-71(111-79)57-72-26-34-80(112-72)92(60-47-65(105(7,8)9)54-66(48-60)106(10,11)12)84-38-42-88(116-84)97(87-41-37-83(91)115-87)119-99(121)75-29-31-77-96-78(32-30-76(95(75)96)100(119)122)102(124)120(101(77)123)98-89-43-39-85(117-89)93(61-49-67(107(13,14)15)55-68(50-61)108(16,17)18)81-35-27-73(113-81)58-74-28-36-82(114-74)94(86-40-44-90(98)118-86)62-51-69(109(19,20)21)56-70(52-62)110(22,23)24/h25-58,111,113,116,118H,1-24H3. The molecule has 16 bridgehead atoms. The van der Waals surface area contributed by atoms with Crippen LogP contribution in [0.2, 0.25) is 0 Å². The number of aromatic nitrogens is 8. The van der Waals surface area contributed by atoms with Crippen molar-refractivity contribution in [2.45, 2.75) is 209 Å². The van der Waals surface area contributed by atoms with Crippen LogP contribution in [0.3, 0.4) is 0 Å². The van der Waals surface area contributed by atoms with Gasteiger partial charge in [0.15, 0.2) is 0 Å². The van der Waals surface area contributed by atoms with Crippen LogP contribution < -0.4 is 9.80 Å². The lowest BCUT2D eigenvalue weighted by molar-refractivity contribution is 0.0873. The Morgan fingerprint density at radius 2 is 0.444 bits per heavy atom. The fraction of sp³-hybridized carbons (Fsp3) is 0.291. The fourth-order valence-electron chi connectivity index (χ4n) is 17.8. The Kier molecular flexibility index (Phi) is 18.7. The molecule has 0 aliphatic carbocycles. The van der Waals surface area contributed by atoms with Gasteiger partial charge >= 0.3 is 0 Å². The van der Waals surface area contributed by atoms with Gasteiger partial charge in [0, 0.05) is 88.4 Å². The molecule has 0 radical (unpaired) electrons. The monoisotopic (exact) mass is 1630 g/mol. The maximum atomic E-state index is 16.7. The molecule has 0 fully saturated rings. The Morgan fingerprint density at radius 1 is 0.226 bits per heavy atom. The Balaban J connectivity index is 0.868. The summed E-state index contributed by atoms with van der Waals surface area (Å²) in [5, 5.41) is 0.400. The molecule has 6 aliphatic rings. The molecule has 4 amide bonds. The number of hydrogen-bond donors (Lipinski definition) is 4. The van der Waals surface area contributed by atoms with Crippen LogP contribution in [-0.4, -0.2) is 63.5 Å². The van der Waals surface area contributed by atoms with Crippen molar-refractivity contribution in [2.24, 2.45) is 0 Å². The summed E-state index contributed by atoms with van der Waals surface area (Å²) in [5.74, 6) is -2.68. The van der Waals surface area contributed by atoms with Crippen molar-refractivity contribution >= 4 is 139 Å². The first-order valence-corrected chi connectivity index (χ1v) is 43.4. The van der Waals surface area contributed by atoms with E-state index in [1.54, 1.807) is 24.3 Å². The van der Waals surface area contributed by atoms with Crippen LogP contribution in [0.15, 0.2) is 158 Å². The highest BCUT2D eigenvalue weighted by Gasteiger charge is 2.44. The van der Waals surface area contributed by atoms with Crippen LogP contribution in [0.1, 0.15) is 298 Å². The molecule has 12 heterocycles. The molecule has 18 rings (SSSR count). The Bertz CT molecular complexity index is 6440. The molecule has 6 aromatic carbocycles. The number of rotatable bonds is 6. The minimum Gasteiger partial charge on any atom is -0.355 e.